The molecule has 196 valence electrons. The standard InChI is InChI=1S/C25H25FN2O7S2/c1-3-36(31,32)19-8-5-17(6-9-19)21(14-29)27-25(30)18-7-10-22(20(26)13-18)28-15-35-23-11-4-16(2)12-24(23)37(28,33)34/h4-13,21,29H,3,14-15H2,1-2H3,(H,27,30)/t21-/m0/s1. The lowest BCUT2D eigenvalue weighted by Crippen LogP contribution is -2.39. The van der Waals surface area contributed by atoms with E-state index in [0.29, 0.717) is 11.1 Å². The van der Waals surface area contributed by atoms with E-state index in [1.165, 1.54) is 55.5 Å². The van der Waals surface area contributed by atoms with E-state index in [1.807, 2.05) is 0 Å². The Morgan fingerprint density at radius 1 is 1.14 bits per heavy atom. The topological polar surface area (TPSA) is 130 Å². The molecule has 0 spiro atoms. The molecule has 0 radical (unpaired) electrons. The van der Waals surface area contributed by atoms with Gasteiger partial charge in [0.25, 0.3) is 15.9 Å². The second-order valence-electron chi connectivity index (χ2n) is 8.42. The molecular weight excluding hydrogens is 523 g/mol. The number of nitrogens with one attached hydrogen (secondary N) is 1. The van der Waals surface area contributed by atoms with Crippen molar-refractivity contribution in [2.24, 2.45) is 0 Å². The molecule has 12 heteroatoms. The zero-order valence-corrected chi connectivity index (χ0v) is 21.6. The fourth-order valence-corrected chi connectivity index (χ4v) is 6.29. The van der Waals surface area contributed by atoms with Gasteiger partial charge < -0.3 is 15.2 Å². The molecule has 0 aliphatic carbocycles. The molecule has 3 aromatic carbocycles. The van der Waals surface area contributed by atoms with Gasteiger partial charge in [-0.3, -0.25) is 4.79 Å². The second kappa shape index (κ2) is 10.1. The summed E-state index contributed by atoms with van der Waals surface area (Å²) in [6, 6.07) is 12.9. The van der Waals surface area contributed by atoms with Crippen molar-refractivity contribution in [3.05, 3.63) is 83.2 Å². The molecule has 9 nitrogen and oxygen atoms in total. The fourth-order valence-electron chi connectivity index (χ4n) is 3.85. The average molecular weight is 549 g/mol. The molecule has 0 unspecified atom stereocenters. The molecule has 1 atom stereocenters. The molecular formula is C25H25FN2O7S2. The van der Waals surface area contributed by atoms with Crippen molar-refractivity contribution in [1.82, 2.24) is 5.32 Å². The third-order valence-corrected chi connectivity index (χ3v) is 9.50. The first-order chi connectivity index (χ1) is 17.5. The first kappa shape index (κ1) is 26.6. The molecule has 3 aromatic rings. The molecule has 0 aromatic heterocycles. The SMILES string of the molecule is CCS(=O)(=O)c1ccc([C@H](CO)NC(=O)c2ccc(N3COc4ccc(C)cc4S3(=O)=O)c(F)c2)cc1. The van der Waals surface area contributed by atoms with Crippen molar-refractivity contribution in [2.45, 2.75) is 29.7 Å². The number of carbonyl (C=O) groups excluding carboxylic acids is 1. The van der Waals surface area contributed by atoms with Crippen molar-refractivity contribution in [2.75, 3.05) is 23.4 Å². The highest BCUT2D eigenvalue weighted by atomic mass is 32.2. The molecule has 1 aliphatic heterocycles. The van der Waals surface area contributed by atoms with Crippen LogP contribution in [-0.4, -0.2) is 46.9 Å². The van der Waals surface area contributed by atoms with E-state index in [9.17, 15) is 26.7 Å². The first-order valence-corrected chi connectivity index (χ1v) is 14.4. The Kier molecular flexibility index (Phi) is 7.27. The minimum absolute atomic E-state index is 0.0644. The van der Waals surface area contributed by atoms with E-state index in [0.717, 1.165) is 10.4 Å². The van der Waals surface area contributed by atoms with Crippen LogP contribution < -0.4 is 14.4 Å². The number of rotatable bonds is 7. The number of halogens is 1. The summed E-state index contributed by atoms with van der Waals surface area (Å²) in [4.78, 5) is 12.8. The largest absolute Gasteiger partial charge is 0.471 e. The van der Waals surface area contributed by atoms with E-state index in [-0.39, 0.29) is 32.5 Å². The molecule has 0 saturated carbocycles. The Bertz CT molecular complexity index is 1560. The van der Waals surface area contributed by atoms with Gasteiger partial charge in [-0.15, -0.1) is 0 Å². The Labute approximate surface area is 214 Å². The smallest absolute Gasteiger partial charge is 0.270 e. The van der Waals surface area contributed by atoms with Crippen LogP contribution in [0.25, 0.3) is 0 Å². The van der Waals surface area contributed by atoms with Gasteiger partial charge >= 0.3 is 0 Å². The van der Waals surface area contributed by atoms with Crippen LogP contribution in [0.15, 0.2) is 70.5 Å². The maximum absolute atomic E-state index is 15.1. The normalized spacial score (nSPS) is 15.4. The number of aliphatic hydroxyl groups excluding tert-OH is 1. The number of sulfonamides is 1. The van der Waals surface area contributed by atoms with Crippen LogP contribution in [0.1, 0.15) is 34.5 Å². The van der Waals surface area contributed by atoms with Crippen molar-refractivity contribution < 1.29 is 35.9 Å². The Morgan fingerprint density at radius 3 is 2.46 bits per heavy atom. The van der Waals surface area contributed by atoms with Crippen LogP contribution in [0, 0.1) is 12.7 Å². The number of hydrogen-bond donors (Lipinski definition) is 2. The number of ether oxygens (including phenoxy) is 1. The number of sulfone groups is 1. The van der Waals surface area contributed by atoms with E-state index in [1.54, 1.807) is 13.0 Å². The van der Waals surface area contributed by atoms with Gasteiger partial charge in [0, 0.05) is 5.56 Å². The maximum Gasteiger partial charge on any atom is 0.270 e. The van der Waals surface area contributed by atoms with Gasteiger partial charge in [0.15, 0.2) is 16.6 Å². The van der Waals surface area contributed by atoms with Crippen LogP contribution in [0.2, 0.25) is 0 Å². The summed E-state index contributed by atoms with van der Waals surface area (Å²) in [5.74, 6) is -1.56. The van der Waals surface area contributed by atoms with Gasteiger partial charge in [0.1, 0.15) is 16.5 Å². The molecule has 2 N–H and O–H groups in total. The van der Waals surface area contributed by atoms with Crippen molar-refractivity contribution in [3.63, 3.8) is 0 Å². The first-order valence-electron chi connectivity index (χ1n) is 11.3. The number of nitrogens with zero attached hydrogens (tertiary/aromatic N) is 1. The highest BCUT2D eigenvalue weighted by Crippen LogP contribution is 2.36. The summed E-state index contributed by atoms with van der Waals surface area (Å²) in [5, 5.41) is 12.4. The van der Waals surface area contributed by atoms with E-state index in [4.69, 9.17) is 4.74 Å². The Balaban J connectivity index is 1.55. The molecule has 0 fully saturated rings. The molecule has 0 saturated heterocycles. The number of fused-ring (bicyclic) bond motifs is 1. The fraction of sp³-hybridized carbons (Fsp3) is 0.240. The van der Waals surface area contributed by atoms with Crippen LogP contribution >= 0.6 is 0 Å². The van der Waals surface area contributed by atoms with E-state index >= 15 is 4.39 Å². The third kappa shape index (κ3) is 5.17. The minimum Gasteiger partial charge on any atom is -0.471 e. The molecule has 1 aliphatic rings. The highest BCUT2D eigenvalue weighted by Gasteiger charge is 2.35. The summed E-state index contributed by atoms with van der Waals surface area (Å²) < 4.78 is 71.6. The summed E-state index contributed by atoms with van der Waals surface area (Å²) in [6.45, 7) is 2.33. The third-order valence-electron chi connectivity index (χ3n) is 5.99. The zero-order chi connectivity index (χ0) is 27.0. The van der Waals surface area contributed by atoms with Gasteiger partial charge in [0.05, 0.1) is 29.0 Å². The average Bonchev–Trinajstić information content (AvgIpc) is 2.88. The van der Waals surface area contributed by atoms with Gasteiger partial charge in [-0.25, -0.2) is 25.5 Å². The number of aliphatic hydroxyl groups is 1. The summed E-state index contributed by atoms with van der Waals surface area (Å²) in [5.41, 5.74) is 0.764. The Hall–Kier alpha value is -3.48. The quantitative estimate of drug-likeness (QED) is 0.464. The summed E-state index contributed by atoms with van der Waals surface area (Å²) in [7, 11) is -7.50. The monoisotopic (exact) mass is 548 g/mol. The van der Waals surface area contributed by atoms with Crippen LogP contribution in [0.4, 0.5) is 10.1 Å². The molecule has 0 bridgehead atoms. The lowest BCUT2D eigenvalue weighted by Gasteiger charge is -2.30. The highest BCUT2D eigenvalue weighted by molar-refractivity contribution is 7.93. The zero-order valence-electron chi connectivity index (χ0n) is 20.0. The van der Waals surface area contributed by atoms with Gasteiger partial charge in [-0.05, 0) is 60.5 Å². The number of hydrogen-bond acceptors (Lipinski definition) is 7. The number of anilines is 1. The lowest BCUT2D eigenvalue weighted by atomic mass is 10.1. The Morgan fingerprint density at radius 2 is 1.84 bits per heavy atom. The maximum atomic E-state index is 15.1. The number of benzene rings is 3. The molecule has 1 heterocycles. The van der Waals surface area contributed by atoms with Crippen molar-refractivity contribution >= 4 is 31.5 Å². The molecule has 1 amide bonds. The minimum atomic E-state index is -4.10. The predicted octanol–water partition coefficient (Wildman–Crippen LogP) is 2.94. The van der Waals surface area contributed by atoms with Crippen molar-refractivity contribution in [1.29, 1.82) is 0 Å². The van der Waals surface area contributed by atoms with Gasteiger partial charge in [-0.1, -0.05) is 25.1 Å². The number of aryl methyl sites for hydroxylation is 1. The lowest BCUT2D eigenvalue weighted by molar-refractivity contribution is 0.0915. The second-order valence-corrected chi connectivity index (χ2v) is 12.5. The summed E-state index contributed by atoms with van der Waals surface area (Å²) in [6.07, 6.45) is 0. The number of carbonyl (C=O) groups is 1. The summed E-state index contributed by atoms with van der Waals surface area (Å²) >= 11 is 0. The predicted molar refractivity (Wildman–Crippen MR) is 134 cm³/mol. The number of amides is 1. The van der Waals surface area contributed by atoms with E-state index in [2.05, 4.69) is 5.32 Å². The van der Waals surface area contributed by atoms with Gasteiger partial charge in [-0.2, -0.15) is 0 Å². The van der Waals surface area contributed by atoms with Crippen LogP contribution in [-0.2, 0) is 19.9 Å². The molecule has 4 rings (SSSR count). The molecule has 37 heavy (non-hydrogen) atoms. The van der Waals surface area contributed by atoms with E-state index < -0.39 is 51.0 Å². The van der Waals surface area contributed by atoms with Crippen LogP contribution in [0.5, 0.6) is 5.75 Å². The van der Waals surface area contributed by atoms with Crippen LogP contribution in [0.3, 0.4) is 0 Å². The van der Waals surface area contributed by atoms with Crippen molar-refractivity contribution in [3.8, 4) is 5.75 Å². The van der Waals surface area contributed by atoms with Gasteiger partial charge in [0.2, 0.25) is 0 Å².